The minimum absolute atomic E-state index is 0.0576. The summed E-state index contributed by atoms with van der Waals surface area (Å²) in [4.78, 5) is 29.3. The van der Waals surface area contributed by atoms with Gasteiger partial charge in [-0.3, -0.25) is 0 Å². The fourth-order valence-electron chi connectivity index (χ4n) is 4.88. The van der Waals surface area contributed by atoms with E-state index in [2.05, 4.69) is 25.9 Å². The van der Waals surface area contributed by atoms with Crippen LogP contribution in [0.4, 0.5) is 16.2 Å². The highest BCUT2D eigenvalue weighted by molar-refractivity contribution is 7.89. The Kier molecular flexibility index (Phi) is 9.22. The van der Waals surface area contributed by atoms with Gasteiger partial charge in [-0.15, -0.1) is 0 Å². The highest BCUT2D eigenvalue weighted by atomic mass is 32.2. The number of hydrogen-bond acceptors (Lipinski definition) is 7. The average molecular weight is 595 g/mol. The van der Waals surface area contributed by atoms with Crippen LogP contribution in [-0.4, -0.2) is 72.7 Å². The minimum Gasteiger partial charge on any atom is -0.489 e. The summed E-state index contributed by atoms with van der Waals surface area (Å²) in [5.41, 5.74) is 2.01. The Labute approximate surface area is 243 Å². The van der Waals surface area contributed by atoms with Crippen LogP contribution in [0.2, 0.25) is 0 Å². The van der Waals surface area contributed by atoms with Gasteiger partial charge < -0.3 is 35.8 Å². The molecule has 2 heterocycles. The first-order valence-electron chi connectivity index (χ1n) is 13.7. The Morgan fingerprint density at radius 1 is 0.952 bits per heavy atom. The van der Waals surface area contributed by atoms with Gasteiger partial charge in [-0.1, -0.05) is 24.3 Å². The van der Waals surface area contributed by atoms with Crippen molar-refractivity contribution in [3.8, 4) is 5.75 Å². The van der Waals surface area contributed by atoms with Gasteiger partial charge in [0.2, 0.25) is 10.0 Å². The van der Waals surface area contributed by atoms with Crippen molar-refractivity contribution >= 4 is 38.5 Å². The molecule has 1 fully saturated rings. The summed E-state index contributed by atoms with van der Waals surface area (Å²) < 4.78 is 33.6. The summed E-state index contributed by atoms with van der Waals surface area (Å²) in [6.07, 6.45) is 0.635. The van der Waals surface area contributed by atoms with E-state index in [1.165, 1.54) is 16.4 Å². The number of aliphatic hydroxyl groups excluding tert-OH is 1. The molecule has 1 aliphatic rings. The lowest BCUT2D eigenvalue weighted by atomic mass is 9.98. The predicted octanol–water partition coefficient (Wildman–Crippen LogP) is 2.93. The molecule has 3 aromatic carbocycles. The number of hydrogen-bond donors (Lipinski definition) is 6. The second kappa shape index (κ2) is 13.2. The number of rotatable bonds is 11. The van der Waals surface area contributed by atoms with E-state index in [-0.39, 0.29) is 23.1 Å². The van der Waals surface area contributed by atoms with Crippen LogP contribution in [0.15, 0.2) is 82.5 Å². The first kappa shape index (κ1) is 29.3. The molecular formula is C29H34N6O6S. The molecular weight excluding hydrogens is 560 g/mol. The number of piperidine rings is 1. The normalized spacial score (nSPS) is 15.4. The van der Waals surface area contributed by atoms with Crippen molar-refractivity contribution < 1.29 is 23.1 Å². The fraction of sp³-hybridized carbons (Fsp3) is 0.310. The molecule has 4 aromatic rings. The van der Waals surface area contributed by atoms with E-state index in [4.69, 9.17) is 4.74 Å². The summed E-state index contributed by atoms with van der Waals surface area (Å²) in [6, 6.07) is 20.0. The molecule has 1 aliphatic heterocycles. The molecule has 1 atom stereocenters. The highest BCUT2D eigenvalue weighted by Gasteiger charge is 2.29. The third-order valence-electron chi connectivity index (χ3n) is 7.11. The SMILES string of the molecule is O=C(Nc1ccccc1)Nc1ccc(S(=O)(=O)N2CCC(CNC[C@H](O)COc3cccc4[nH]c(=O)[nH]c34)CC2)cc1. The molecule has 0 spiro atoms. The maximum atomic E-state index is 13.2. The molecule has 13 heteroatoms. The number of aromatic amines is 2. The number of amides is 2. The zero-order chi connectivity index (χ0) is 29.5. The smallest absolute Gasteiger partial charge is 0.323 e. The second-order valence-electron chi connectivity index (χ2n) is 10.2. The van der Waals surface area contributed by atoms with Gasteiger partial charge in [-0.2, -0.15) is 4.31 Å². The van der Waals surface area contributed by atoms with Crippen LogP contribution in [-0.2, 0) is 10.0 Å². The van der Waals surface area contributed by atoms with E-state index in [9.17, 15) is 23.1 Å². The highest BCUT2D eigenvalue weighted by Crippen LogP contribution is 2.25. The van der Waals surface area contributed by atoms with Crippen molar-refractivity contribution in [2.45, 2.75) is 23.8 Å². The van der Waals surface area contributed by atoms with Crippen molar-refractivity contribution in [2.24, 2.45) is 5.92 Å². The molecule has 12 nitrogen and oxygen atoms in total. The van der Waals surface area contributed by atoms with Crippen LogP contribution in [0.1, 0.15) is 12.8 Å². The van der Waals surface area contributed by atoms with Gasteiger partial charge in [-0.05, 0) is 73.8 Å². The Balaban J connectivity index is 1.03. The Morgan fingerprint density at radius 3 is 2.36 bits per heavy atom. The van der Waals surface area contributed by atoms with E-state index in [1.54, 1.807) is 42.5 Å². The first-order chi connectivity index (χ1) is 20.3. The number of nitrogens with zero attached hydrogens (tertiary/aromatic N) is 1. The van der Waals surface area contributed by atoms with E-state index >= 15 is 0 Å². The van der Waals surface area contributed by atoms with E-state index < -0.39 is 22.2 Å². The quantitative estimate of drug-likeness (QED) is 0.155. The second-order valence-corrected chi connectivity index (χ2v) is 12.1. The van der Waals surface area contributed by atoms with Gasteiger partial charge in [0, 0.05) is 31.0 Å². The molecule has 1 saturated heterocycles. The summed E-state index contributed by atoms with van der Waals surface area (Å²) in [5.74, 6) is 0.760. The number of ether oxygens (including phenoxy) is 1. The third kappa shape index (κ3) is 7.36. The maximum Gasteiger partial charge on any atom is 0.323 e. The van der Waals surface area contributed by atoms with Gasteiger partial charge in [0.1, 0.15) is 24.0 Å². The molecule has 0 aliphatic carbocycles. The van der Waals surface area contributed by atoms with Gasteiger partial charge in [0.05, 0.1) is 10.4 Å². The third-order valence-corrected chi connectivity index (χ3v) is 9.03. The van der Waals surface area contributed by atoms with E-state index in [0.29, 0.717) is 67.2 Å². The average Bonchev–Trinajstić information content (AvgIpc) is 3.38. The number of sulfonamides is 1. The molecule has 6 N–H and O–H groups in total. The number of imidazole rings is 1. The van der Waals surface area contributed by atoms with Gasteiger partial charge in [0.15, 0.2) is 0 Å². The molecule has 2 amide bonds. The van der Waals surface area contributed by atoms with Gasteiger partial charge >= 0.3 is 11.7 Å². The number of fused-ring (bicyclic) bond motifs is 1. The van der Waals surface area contributed by atoms with Crippen molar-refractivity contribution in [2.75, 3.05) is 43.4 Å². The maximum absolute atomic E-state index is 13.2. The molecule has 42 heavy (non-hydrogen) atoms. The van der Waals surface area contributed by atoms with Gasteiger partial charge in [0.25, 0.3) is 0 Å². The van der Waals surface area contributed by atoms with Crippen molar-refractivity contribution in [1.82, 2.24) is 19.6 Å². The van der Waals surface area contributed by atoms with E-state index in [1.807, 2.05) is 18.2 Å². The van der Waals surface area contributed by atoms with Crippen molar-refractivity contribution in [3.05, 3.63) is 83.3 Å². The van der Waals surface area contributed by atoms with E-state index in [0.717, 1.165) is 0 Å². The molecule has 0 unspecified atom stereocenters. The molecule has 1 aromatic heterocycles. The molecule has 0 saturated carbocycles. The number of urea groups is 1. The molecule has 0 bridgehead atoms. The Bertz CT molecular complexity index is 1650. The number of H-pyrrole nitrogens is 2. The predicted molar refractivity (Wildman–Crippen MR) is 160 cm³/mol. The zero-order valence-corrected chi connectivity index (χ0v) is 23.7. The van der Waals surface area contributed by atoms with Crippen LogP contribution < -0.4 is 26.4 Å². The lowest BCUT2D eigenvalue weighted by Crippen LogP contribution is -2.42. The number of anilines is 2. The minimum atomic E-state index is -3.66. The lowest BCUT2D eigenvalue weighted by molar-refractivity contribution is 0.105. The number of carbonyl (C=O) groups excluding carboxylic acids is 1. The zero-order valence-electron chi connectivity index (χ0n) is 22.9. The number of benzene rings is 3. The molecule has 222 valence electrons. The van der Waals surface area contributed by atoms with Crippen LogP contribution >= 0.6 is 0 Å². The standard InChI is InChI=1S/C29H34N6O6S/c36-23(19-41-26-8-4-7-25-27(26)34-29(38)33-25)18-30-17-20-13-15-35(16-14-20)42(39,40)24-11-9-22(10-12-24)32-28(37)31-21-5-2-1-3-6-21/h1-12,20,23,30,36H,13-19H2,(H2,31,32,37)(H2,33,34,38)/t23-/m0/s1. The molecule has 0 radical (unpaired) electrons. The van der Waals surface area contributed by atoms with Crippen LogP contribution in [0, 0.1) is 5.92 Å². The summed E-state index contributed by atoms with van der Waals surface area (Å²) in [7, 11) is -3.66. The molecule has 5 rings (SSSR count). The number of aromatic nitrogens is 2. The number of para-hydroxylation sites is 2. The lowest BCUT2D eigenvalue weighted by Gasteiger charge is -2.31. The number of carbonyl (C=O) groups is 1. The summed E-state index contributed by atoms with van der Waals surface area (Å²) in [5, 5.41) is 19.0. The fourth-order valence-corrected chi connectivity index (χ4v) is 6.35. The van der Waals surface area contributed by atoms with Crippen molar-refractivity contribution in [3.63, 3.8) is 0 Å². The Hall–Kier alpha value is -4.17. The van der Waals surface area contributed by atoms with Gasteiger partial charge in [-0.25, -0.2) is 18.0 Å². The summed E-state index contributed by atoms with van der Waals surface area (Å²) in [6.45, 7) is 1.83. The Morgan fingerprint density at radius 2 is 1.64 bits per heavy atom. The largest absolute Gasteiger partial charge is 0.489 e. The monoisotopic (exact) mass is 594 g/mol. The topological polar surface area (TPSA) is 169 Å². The summed E-state index contributed by atoms with van der Waals surface area (Å²) >= 11 is 0. The first-order valence-corrected chi connectivity index (χ1v) is 15.2. The van der Waals surface area contributed by atoms with Crippen LogP contribution in [0.3, 0.4) is 0 Å². The number of nitrogens with one attached hydrogen (secondary N) is 5. The number of aliphatic hydroxyl groups is 1. The van der Waals surface area contributed by atoms with Crippen LogP contribution in [0.5, 0.6) is 5.75 Å². The van der Waals surface area contributed by atoms with Crippen molar-refractivity contribution in [1.29, 1.82) is 0 Å². The van der Waals surface area contributed by atoms with Crippen LogP contribution in [0.25, 0.3) is 11.0 Å².